The predicted octanol–water partition coefficient (Wildman–Crippen LogP) is 3.84. The number of hydrogen-bond donors (Lipinski definition) is 0. The van der Waals surface area contributed by atoms with Gasteiger partial charge in [0.2, 0.25) is 0 Å². The molecule has 1 atom stereocenters. The van der Waals surface area contributed by atoms with Crippen LogP contribution in [0.3, 0.4) is 0 Å². The molecule has 4 nitrogen and oxygen atoms in total. The molecule has 1 unspecified atom stereocenters. The lowest BCUT2D eigenvalue weighted by molar-refractivity contribution is -0.248. The van der Waals surface area contributed by atoms with Gasteiger partial charge in [0, 0.05) is 11.3 Å². The summed E-state index contributed by atoms with van der Waals surface area (Å²) in [6.45, 7) is 7.22. The molecule has 0 amide bonds. The van der Waals surface area contributed by atoms with E-state index in [4.69, 9.17) is 19.2 Å². The van der Waals surface area contributed by atoms with Crippen molar-refractivity contribution in [2.24, 2.45) is 0 Å². The van der Waals surface area contributed by atoms with Gasteiger partial charge in [-0.05, 0) is 28.8 Å². The van der Waals surface area contributed by atoms with Crippen molar-refractivity contribution < 1.29 is 19.2 Å². The van der Waals surface area contributed by atoms with Crippen molar-refractivity contribution in [3.8, 4) is 5.75 Å². The number of ether oxygens (including phenoxy) is 2. The molecule has 2 aromatic carbocycles. The van der Waals surface area contributed by atoms with Gasteiger partial charge >= 0.3 is 0 Å². The minimum absolute atomic E-state index is 0.0701. The molecule has 4 heteroatoms. The van der Waals surface area contributed by atoms with E-state index in [2.05, 4.69) is 50.2 Å². The lowest BCUT2D eigenvalue weighted by atomic mass is 9.77. The minimum Gasteiger partial charge on any atom is -0.491 e. The summed E-state index contributed by atoms with van der Waals surface area (Å²) < 4.78 is 10.9. The van der Waals surface area contributed by atoms with Crippen LogP contribution in [0.1, 0.15) is 36.5 Å². The van der Waals surface area contributed by atoms with Gasteiger partial charge < -0.3 is 9.47 Å². The second-order valence-corrected chi connectivity index (χ2v) is 7.30. The maximum Gasteiger partial charge on any atom is 0.119 e. The van der Waals surface area contributed by atoms with E-state index in [1.807, 2.05) is 12.1 Å². The largest absolute Gasteiger partial charge is 0.491 e. The smallest absolute Gasteiger partial charge is 0.119 e. The van der Waals surface area contributed by atoms with E-state index in [0.717, 1.165) is 12.4 Å². The Hall–Kier alpha value is -1.88. The second-order valence-electron chi connectivity index (χ2n) is 7.30. The molecule has 0 N–H and O–H groups in total. The zero-order valence-electron chi connectivity index (χ0n) is 14.7. The molecule has 4 rings (SSSR count). The van der Waals surface area contributed by atoms with E-state index in [9.17, 15) is 0 Å². The maximum absolute atomic E-state index is 5.73. The quantitative estimate of drug-likeness (QED) is 0.592. The van der Waals surface area contributed by atoms with E-state index in [0.29, 0.717) is 25.7 Å². The number of benzene rings is 2. The van der Waals surface area contributed by atoms with E-state index in [-0.39, 0.29) is 11.5 Å². The molecule has 132 valence electrons. The summed E-state index contributed by atoms with van der Waals surface area (Å²) in [5.74, 6) is 1.23. The van der Waals surface area contributed by atoms with Gasteiger partial charge in [0.15, 0.2) is 0 Å². The standard InChI is InChI=1S/C21H24O4/c1-21(2,17-5-3-15(4-6-17)16-11-24-25-12-16)18-7-9-19(10-8-18)22-13-20-14-23-20/h3-10,16,20H,11-14H2,1-2H3. The van der Waals surface area contributed by atoms with Crippen LogP contribution in [0.25, 0.3) is 0 Å². The first-order valence-electron chi connectivity index (χ1n) is 8.83. The molecule has 2 fully saturated rings. The molecule has 2 aromatic rings. The Bertz CT molecular complexity index is 696. The first-order valence-corrected chi connectivity index (χ1v) is 8.83. The van der Waals surface area contributed by atoms with Gasteiger partial charge in [-0.1, -0.05) is 50.2 Å². The van der Waals surface area contributed by atoms with Crippen LogP contribution in [0, 0.1) is 0 Å². The normalized spacial score (nSPS) is 20.6. The monoisotopic (exact) mass is 340 g/mol. The lowest BCUT2D eigenvalue weighted by Gasteiger charge is -2.27. The van der Waals surface area contributed by atoms with Gasteiger partial charge in [0.25, 0.3) is 0 Å². The molecule has 0 saturated carbocycles. The Balaban J connectivity index is 1.47. The van der Waals surface area contributed by atoms with Crippen LogP contribution in [0.5, 0.6) is 5.75 Å². The molecule has 2 aliphatic rings. The Morgan fingerprint density at radius 1 is 0.880 bits per heavy atom. The Kier molecular flexibility index (Phi) is 4.50. The third kappa shape index (κ3) is 3.71. The number of rotatable bonds is 6. The summed E-state index contributed by atoms with van der Waals surface area (Å²) in [6.07, 6.45) is 0.283. The van der Waals surface area contributed by atoms with Crippen molar-refractivity contribution in [3.05, 3.63) is 65.2 Å². The SMILES string of the molecule is CC(C)(c1ccc(OCC2CO2)cc1)c1ccc(C2COOC2)cc1. The summed E-state index contributed by atoms with van der Waals surface area (Å²) in [5.41, 5.74) is 3.75. The first-order chi connectivity index (χ1) is 12.1. The van der Waals surface area contributed by atoms with Crippen LogP contribution in [0.15, 0.2) is 48.5 Å². The van der Waals surface area contributed by atoms with Crippen molar-refractivity contribution >= 4 is 0 Å². The lowest BCUT2D eigenvalue weighted by Crippen LogP contribution is -2.19. The highest BCUT2D eigenvalue weighted by Gasteiger charge is 2.25. The molecule has 2 saturated heterocycles. The van der Waals surface area contributed by atoms with Crippen molar-refractivity contribution in [1.29, 1.82) is 0 Å². The molecule has 0 bridgehead atoms. The molecule has 2 aliphatic heterocycles. The molecule has 0 radical (unpaired) electrons. The van der Waals surface area contributed by atoms with Crippen LogP contribution in [-0.4, -0.2) is 32.5 Å². The van der Waals surface area contributed by atoms with Gasteiger partial charge in [-0.3, -0.25) is 0 Å². The summed E-state index contributed by atoms with van der Waals surface area (Å²) in [5, 5.41) is 0. The molecular weight excluding hydrogens is 316 g/mol. The average molecular weight is 340 g/mol. The topological polar surface area (TPSA) is 40.2 Å². The van der Waals surface area contributed by atoms with Crippen LogP contribution < -0.4 is 4.74 Å². The Morgan fingerprint density at radius 3 is 2.00 bits per heavy atom. The Morgan fingerprint density at radius 2 is 1.44 bits per heavy atom. The molecule has 0 aliphatic carbocycles. The van der Waals surface area contributed by atoms with Crippen LogP contribution in [-0.2, 0) is 19.9 Å². The van der Waals surface area contributed by atoms with Crippen LogP contribution in [0.2, 0.25) is 0 Å². The number of epoxide rings is 1. The fourth-order valence-electron chi connectivity index (χ4n) is 3.16. The van der Waals surface area contributed by atoms with Crippen LogP contribution >= 0.6 is 0 Å². The van der Waals surface area contributed by atoms with Gasteiger partial charge in [-0.2, -0.15) is 0 Å². The fourth-order valence-corrected chi connectivity index (χ4v) is 3.16. The number of hydrogen-bond acceptors (Lipinski definition) is 4. The highest BCUT2D eigenvalue weighted by atomic mass is 17.2. The van der Waals surface area contributed by atoms with Gasteiger partial charge in [0.1, 0.15) is 18.5 Å². The molecule has 25 heavy (non-hydrogen) atoms. The summed E-state index contributed by atoms with van der Waals surface area (Å²) in [6, 6.07) is 17.2. The van der Waals surface area contributed by atoms with Crippen LogP contribution in [0.4, 0.5) is 0 Å². The molecular formula is C21H24O4. The van der Waals surface area contributed by atoms with E-state index in [1.54, 1.807) is 0 Å². The Labute approximate surface area is 148 Å². The highest BCUT2D eigenvalue weighted by Crippen LogP contribution is 2.33. The summed E-state index contributed by atoms with van der Waals surface area (Å²) in [4.78, 5) is 10.0. The average Bonchev–Trinajstić information content (AvgIpc) is 3.31. The fraction of sp³-hybridized carbons (Fsp3) is 0.429. The second kappa shape index (κ2) is 6.79. The van der Waals surface area contributed by atoms with E-state index < -0.39 is 0 Å². The van der Waals surface area contributed by atoms with Gasteiger partial charge in [0.05, 0.1) is 19.8 Å². The zero-order chi connectivity index (χ0) is 17.3. The summed E-state index contributed by atoms with van der Waals surface area (Å²) in [7, 11) is 0. The first kappa shape index (κ1) is 16.6. The van der Waals surface area contributed by atoms with Crippen molar-refractivity contribution in [2.75, 3.05) is 26.4 Å². The summed E-state index contributed by atoms with van der Waals surface area (Å²) >= 11 is 0. The third-order valence-corrected chi connectivity index (χ3v) is 5.14. The maximum atomic E-state index is 5.73. The van der Waals surface area contributed by atoms with E-state index >= 15 is 0 Å². The van der Waals surface area contributed by atoms with Gasteiger partial charge in [-0.25, -0.2) is 9.78 Å². The van der Waals surface area contributed by atoms with Gasteiger partial charge in [-0.15, -0.1) is 0 Å². The highest BCUT2D eigenvalue weighted by molar-refractivity contribution is 5.41. The molecule has 0 spiro atoms. The van der Waals surface area contributed by atoms with Crippen molar-refractivity contribution in [1.82, 2.24) is 0 Å². The molecule has 2 heterocycles. The van der Waals surface area contributed by atoms with E-state index in [1.165, 1.54) is 16.7 Å². The zero-order valence-corrected chi connectivity index (χ0v) is 14.7. The predicted molar refractivity (Wildman–Crippen MR) is 94.9 cm³/mol. The van der Waals surface area contributed by atoms with Crippen molar-refractivity contribution in [2.45, 2.75) is 31.3 Å². The van der Waals surface area contributed by atoms with Crippen molar-refractivity contribution in [3.63, 3.8) is 0 Å². The minimum atomic E-state index is -0.0701. The third-order valence-electron chi connectivity index (χ3n) is 5.14. The molecule has 0 aromatic heterocycles.